The molecule has 0 bridgehead atoms. The number of carbonyl (C=O) groups is 1. The zero-order valence-corrected chi connectivity index (χ0v) is 13.9. The molecule has 1 N–H and O–H groups in total. The summed E-state index contributed by atoms with van der Waals surface area (Å²) in [4.78, 5) is 13.3. The van der Waals surface area contributed by atoms with Crippen LogP contribution in [0.5, 0.6) is 5.75 Å². The number of nitrogens with zero attached hydrogens (tertiary/aromatic N) is 4. The van der Waals surface area contributed by atoms with Crippen molar-refractivity contribution in [3.8, 4) is 5.75 Å². The van der Waals surface area contributed by atoms with Gasteiger partial charge in [-0.25, -0.2) is 4.79 Å². The molecule has 0 saturated carbocycles. The number of benzene rings is 2. The van der Waals surface area contributed by atoms with Crippen LogP contribution in [0.15, 0.2) is 60.9 Å². The van der Waals surface area contributed by atoms with E-state index in [-0.39, 0.29) is 19.8 Å². The zero-order valence-electron chi connectivity index (χ0n) is 13.9. The quantitative estimate of drug-likeness (QED) is 0.612. The zero-order chi connectivity index (χ0) is 18.2. The summed E-state index contributed by atoms with van der Waals surface area (Å²) in [5.74, 6) is 0.132. The molecule has 1 aromatic heterocycles. The van der Waals surface area contributed by atoms with Crippen LogP contribution < -0.4 is 4.74 Å². The molecule has 2 aromatic carbocycles. The van der Waals surface area contributed by atoms with Gasteiger partial charge in [0.1, 0.15) is 25.1 Å². The second-order valence-corrected chi connectivity index (χ2v) is 5.54. The van der Waals surface area contributed by atoms with Crippen molar-refractivity contribution in [2.24, 2.45) is 0 Å². The highest BCUT2D eigenvalue weighted by molar-refractivity contribution is 5.89. The van der Waals surface area contributed by atoms with Crippen LogP contribution >= 0.6 is 0 Å². The molecule has 0 aliphatic rings. The van der Waals surface area contributed by atoms with E-state index in [0.717, 1.165) is 5.56 Å². The Kier molecular flexibility index (Phi) is 5.89. The van der Waals surface area contributed by atoms with Crippen molar-refractivity contribution in [1.82, 2.24) is 20.2 Å². The largest absolute Gasteiger partial charge is 0.491 e. The fourth-order valence-electron chi connectivity index (χ4n) is 2.20. The molecule has 1 atom stereocenters. The Morgan fingerprint density at radius 1 is 1.12 bits per heavy atom. The number of rotatable bonds is 8. The molecular formula is C18H18N4O4. The summed E-state index contributed by atoms with van der Waals surface area (Å²) in [6.07, 6.45) is 0.517. The maximum absolute atomic E-state index is 12.0. The Morgan fingerprint density at radius 2 is 1.88 bits per heavy atom. The maximum atomic E-state index is 12.0. The van der Waals surface area contributed by atoms with Crippen LogP contribution in [-0.2, 0) is 17.9 Å². The van der Waals surface area contributed by atoms with Crippen LogP contribution in [0.3, 0.4) is 0 Å². The topological polar surface area (TPSA) is 99.4 Å². The van der Waals surface area contributed by atoms with Gasteiger partial charge in [-0.1, -0.05) is 30.3 Å². The molecule has 3 aromatic rings. The number of esters is 1. The van der Waals surface area contributed by atoms with Gasteiger partial charge in [-0.15, -0.1) is 10.2 Å². The molecule has 0 aliphatic heterocycles. The molecule has 26 heavy (non-hydrogen) atoms. The Labute approximate surface area is 150 Å². The smallest absolute Gasteiger partial charge is 0.338 e. The van der Waals surface area contributed by atoms with Crippen molar-refractivity contribution < 1.29 is 19.4 Å². The minimum atomic E-state index is -0.778. The molecule has 0 spiro atoms. The Balaban J connectivity index is 1.46. The second kappa shape index (κ2) is 8.72. The number of tetrazole rings is 1. The van der Waals surface area contributed by atoms with Crippen molar-refractivity contribution in [3.05, 3.63) is 72.1 Å². The van der Waals surface area contributed by atoms with E-state index < -0.39 is 12.1 Å². The fourth-order valence-corrected chi connectivity index (χ4v) is 2.20. The van der Waals surface area contributed by atoms with Crippen LogP contribution in [0.25, 0.3) is 0 Å². The van der Waals surface area contributed by atoms with Crippen LogP contribution in [0, 0.1) is 0 Å². The van der Waals surface area contributed by atoms with Crippen molar-refractivity contribution >= 4 is 5.97 Å². The SMILES string of the molecule is O=C(OCc1ccccc1)c1ccc(OC[C@H](O)Cn2ncnn2)cc1. The molecule has 0 amide bonds. The third-order valence-corrected chi connectivity index (χ3v) is 3.51. The van der Waals surface area contributed by atoms with Gasteiger partial charge in [0.2, 0.25) is 0 Å². The Hall–Kier alpha value is -3.26. The molecule has 0 aliphatic carbocycles. The minimum Gasteiger partial charge on any atom is -0.491 e. The van der Waals surface area contributed by atoms with Crippen molar-refractivity contribution in [2.45, 2.75) is 19.3 Å². The van der Waals surface area contributed by atoms with E-state index in [1.807, 2.05) is 30.3 Å². The van der Waals surface area contributed by atoms with Crippen LogP contribution in [-0.4, -0.2) is 44.0 Å². The fraction of sp³-hybridized carbons (Fsp3) is 0.222. The lowest BCUT2D eigenvalue weighted by Gasteiger charge is -2.11. The lowest BCUT2D eigenvalue weighted by Crippen LogP contribution is -2.24. The molecule has 0 saturated heterocycles. The van der Waals surface area contributed by atoms with Gasteiger partial charge in [-0.05, 0) is 35.0 Å². The van der Waals surface area contributed by atoms with E-state index in [4.69, 9.17) is 9.47 Å². The molecule has 1 heterocycles. The summed E-state index contributed by atoms with van der Waals surface area (Å²) < 4.78 is 10.8. The summed E-state index contributed by atoms with van der Waals surface area (Å²) in [5, 5.41) is 20.9. The van der Waals surface area contributed by atoms with Gasteiger partial charge in [-0.3, -0.25) is 0 Å². The minimum absolute atomic E-state index is 0.0688. The first-order valence-electron chi connectivity index (χ1n) is 8.03. The number of hydrogen-bond acceptors (Lipinski definition) is 7. The van der Waals surface area contributed by atoms with Crippen molar-refractivity contribution in [3.63, 3.8) is 0 Å². The number of carbonyl (C=O) groups excluding carboxylic acids is 1. The number of hydrogen-bond donors (Lipinski definition) is 1. The van der Waals surface area contributed by atoms with Gasteiger partial charge in [0.25, 0.3) is 0 Å². The van der Waals surface area contributed by atoms with Crippen molar-refractivity contribution in [2.75, 3.05) is 6.61 Å². The summed E-state index contributed by atoms with van der Waals surface area (Å²) in [6, 6.07) is 16.0. The summed E-state index contributed by atoms with van der Waals surface area (Å²) >= 11 is 0. The number of aromatic nitrogens is 4. The summed E-state index contributed by atoms with van der Waals surface area (Å²) in [5.41, 5.74) is 1.36. The molecule has 0 fully saturated rings. The van der Waals surface area contributed by atoms with Crippen LogP contribution in [0.4, 0.5) is 0 Å². The Bertz CT molecular complexity index is 807. The normalized spacial score (nSPS) is 11.7. The maximum Gasteiger partial charge on any atom is 0.338 e. The monoisotopic (exact) mass is 354 g/mol. The lowest BCUT2D eigenvalue weighted by atomic mass is 10.2. The Morgan fingerprint density at radius 3 is 2.58 bits per heavy atom. The average Bonchev–Trinajstić information content (AvgIpc) is 3.18. The highest BCUT2D eigenvalue weighted by atomic mass is 16.5. The predicted molar refractivity (Wildman–Crippen MR) is 91.3 cm³/mol. The molecule has 0 unspecified atom stereocenters. The van der Waals surface area contributed by atoms with Gasteiger partial charge < -0.3 is 14.6 Å². The van der Waals surface area contributed by atoms with Gasteiger partial charge >= 0.3 is 5.97 Å². The first-order valence-corrected chi connectivity index (χ1v) is 8.03. The predicted octanol–water partition coefficient (Wildman–Crippen LogP) is 1.47. The highest BCUT2D eigenvalue weighted by Gasteiger charge is 2.10. The van der Waals surface area contributed by atoms with E-state index >= 15 is 0 Å². The first kappa shape index (κ1) is 17.6. The van der Waals surface area contributed by atoms with Gasteiger partial charge in [-0.2, -0.15) is 4.80 Å². The number of aliphatic hydroxyl groups excluding tert-OH is 1. The van der Waals surface area contributed by atoms with E-state index in [0.29, 0.717) is 11.3 Å². The van der Waals surface area contributed by atoms with Crippen molar-refractivity contribution in [1.29, 1.82) is 0 Å². The summed E-state index contributed by atoms with van der Waals surface area (Å²) in [7, 11) is 0. The van der Waals surface area contributed by atoms with E-state index in [1.54, 1.807) is 24.3 Å². The van der Waals surface area contributed by atoms with E-state index in [2.05, 4.69) is 15.4 Å². The standard InChI is InChI=1S/C18H18N4O4/c23-16(10-22-20-13-19-21-22)12-25-17-8-6-15(7-9-17)18(24)26-11-14-4-2-1-3-5-14/h1-9,13,16,23H,10-12H2/t16-/m1/s1. The number of aliphatic hydroxyl groups is 1. The van der Waals surface area contributed by atoms with Crippen LogP contribution in [0.1, 0.15) is 15.9 Å². The average molecular weight is 354 g/mol. The van der Waals surface area contributed by atoms with Gasteiger partial charge in [0.05, 0.1) is 12.1 Å². The summed E-state index contributed by atoms with van der Waals surface area (Å²) in [6.45, 7) is 0.476. The molecule has 134 valence electrons. The van der Waals surface area contributed by atoms with Gasteiger partial charge in [0, 0.05) is 0 Å². The third-order valence-electron chi connectivity index (χ3n) is 3.51. The van der Waals surface area contributed by atoms with Gasteiger partial charge in [0.15, 0.2) is 6.33 Å². The molecule has 3 rings (SSSR count). The third kappa shape index (κ3) is 5.12. The highest BCUT2D eigenvalue weighted by Crippen LogP contribution is 2.14. The molecule has 8 nitrogen and oxygen atoms in total. The number of ether oxygens (including phenoxy) is 2. The molecular weight excluding hydrogens is 336 g/mol. The first-order chi connectivity index (χ1) is 12.7. The lowest BCUT2D eigenvalue weighted by molar-refractivity contribution is 0.0472. The van der Waals surface area contributed by atoms with E-state index in [9.17, 15) is 9.90 Å². The molecule has 0 radical (unpaired) electrons. The molecule has 8 heteroatoms. The second-order valence-electron chi connectivity index (χ2n) is 5.54. The van der Waals surface area contributed by atoms with Crippen LogP contribution in [0.2, 0.25) is 0 Å². The van der Waals surface area contributed by atoms with E-state index in [1.165, 1.54) is 11.1 Å².